The smallest absolute Gasteiger partial charge is 0.254 e. The molecule has 1 aromatic rings. The molecule has 2 aliphatic heterocycles. The summed E-state index contributed by atoms with van der Waals surface area (Å²) in [6.07, 6.45) is 3.85. The van der Waals surface area contributed by atoms with E-state index in [2.05, 4.69) is 6.92 Å². The summed E-state index contributed by atoms with van der Waals surface area (Å²) in [6, 6.07) is 7.87. The number of amides is 1. The van der Waals surface area contributed by atoms with Gasteiger partial charge in [0, 0.05) is 25.1 Å². The van der Waals surface area contributed by atoms with E-state index in [1.165, 1.54) is 0 Å². The predicted octanol–water partition coefficient (Wildman–Crippen LogP) is 2.79. The minimum atomic E-state index is -0.640. The maximum absolute atomic E-state index is 12.8. The highest BCUT2D eigenvalue weighted by Crippen LogP contribution is 2.39. The summed E-state index contributed by atoms with van der Waals surface area (Å²) in [5.74, 6) is 0.125. The van der Waals surface area contributed by atoms with E-state index in [0.717, 1.165) is 30.4 Å². The van der Waals surface area contributed by atoms with E-state index in [1.54, 1.807) is 0 Å². The van der Waals surface area contributed by atoms with Gasteiger partial charge in [0.2, 0.25) is 0 Å². The van der Waals surface area contributed by atoms with E-state index in [4.69, 9.17) is 4.74 Å². The summed E-state index contributed by atoms with van der Waals surface area (Å²) >= 11 is 0. The Bertz CT molecular complexity index is 574. The highest BCUT2D eigenvalue weighted by atomic mass is 16.5. The van der Waals surface area contributed by atoms with E-state index in [-0.39, 0.29) is 11.5 Å². The van der Waals surface area contributed by atoms with Crippen LogP contribution < -0.4 is 0 Å². The molecule has 126 valence electrons. The molecule has 0 aliphatic carbocycles. The molecule has 1 atom stereocenters. The third kappa shape index (κ3) is 3.43. The molecule has 1 amide bonds. The second kappa shape index (κ2) is 6.25. The molecule has 1 N–H and O–H groups in total. The zero-order valence-corrected chi connectivity index (χ0v) is 14.2. The van der Waals surface area contributed by atoms with Gasteiger partial charge in [0.05, 0.1) is 17.8 Å². The number of ether oxygens (including phenoxy) is 1. The number of carbonyl (C=O) groups excluding carboxylic acids is 1. The third-order valence-corrected chi connectivity index (χ3v) is 5.34. The quantitative estimate of drug-likeness (QED) is 0.912. The second-order valence-corrected chi connectivity index (χ2v) is 7.26. The van der Waals surface area contributed by atoms with E-state index in [9.17, 15) is 9.90 Å². The fourth-order valence-corrected chi connectivity index (χ4v) is 3.97. The molecule has 4 heteroatoms. The minimum Gasteiger partial charge on any atom is -0.390 e. The van der Waals surface area contributed by atoms with Gasteiger partial charge in [-0.15, -0.1) is 0 Å². The first-order chi connectivity index (χ1) is 10.9. The summed E-state index contributed by atoms with van der Waals surface area (Å²) in [6.45, 7) is 5.99. The van der Waals surface area contributed by atoms with E-state index in [1.807, 2.05) is 36.1 Å². The van der Waals surface area contributed by atoms with E-state index < -0.39 is 5.60 Å². The predicted molar refractivity (Wildman–Crippen MR) is 89.5 cm³/mol. The minimum absolute atomic E-state index is 0.125. The van der Waals surface area contributed by atoms with Crippen molar-refractivity contribution in [1.82, 2.24) is 4.90 Å². The molecule has 2 aliphatic rings. The van der Waals surface area contributed by atoms with Crippen molar-refractivity contribution in [2.75, 3.05) is 19.7 Å². The van der Waals surface area contributed by atoms with Crippen LogP contribution in [0.2, 0.25) is 0 Å². The average Bonchev–Trinajstić information content (AvgIpc) is 2.54. The monoisotopic (exact) mass is 317 g/mol. The number of benzene rings is 1. The van der Waals surface area contributed by atoms with Gasteiger partial charge < -0.3 is 14.7 Å². The van der Waals surface area contributed by atoms with Crippen molar-refractivity contribution in [3.8, 4) is 0 Å². The van der Waals surface area contributed by atoms with Gasteiger partial charge in [0.25, 0.3) is 5.91 Å². The van der Waals surface area contributed by atoms with Crippen LogP contribution in [0, 0.1) is 0 Å². The lowest BCUT2D eigenvalue weighted by atomic mass is 9.78. The fraction of sp³-hybridized carbons (Fsp3) is 0.632. The number of hydrogen-bond acceptors (Lipinski definition) is 3. The number of aliphatic hydroxyl groups is 1. The van der Waals surface area contributed by atoms with Crippen LogP contribution in [0.3, 0.4) is 0 Å². The fourth-order valence-electron chi connectivity index (χ4n) is 3.97. The summed E-state index contributed by atoms with van der Waals surface area (Å²) in [4.78, 5) is 14.8. The molecule has 0 radical (unpaired) electrons. The molecule has 1 unspecified atom stereocenters. The van der Waals surface area contributed by atoms with Gasteiger partial charge in [-0.2, -0.15) is 0 Å². The number of carbonyl (C=O) groups is 1. The molecule has 23 heavy (non-hydrogen) atoms. The van der Waals surface area contributed by atoms with Crippen LogP contribution in [-0.4, -0.2) is 46.8 Å². The SMILES string of the molecule is CCc1ccccc1C(=O)N1CCC2(CC1)CC(C)(O)CCO2. The normalized spacial score (nSPS) is 27.2. The van der Waals surface area contributed by atoms with Crippen LogP contribution in [0.15, 0.2) is 24.3 Å². The van der Waals surface area contributed by atoms with Gasteiger partial charge in [-0.1, -0.05) is 25.1 Å². The molecule has 4 nitrogen and oxygen atoms in total. The molecule has 1 aromatic carbocycles. The summed E-state index contributed by atoms with van der Waals surface area (Å²) in [5.41, 5.74) is 1.04. The van der Waals surface area contributed by atoms with Gasteiger partial charge in [0.15, 0.2) is 0 Å². The molecule has 3 rings (SSSR count). The Morgan fingerprint density at radius 2 is 1.96 bits per heavy atom. The van der Waals surface area contributed by atoms with Crippen LogP contribution in [0.1, 0.15) is 55.5 Å². The molecule has 1 spiro atoms. The van der Waals surface area contributed by atoms with Crippen LogP contribution in [0.5, 0.6) is 0 Å². The van der Waals surface area contributed by atoms with E-state index in [0.29, 0.717) is 32.5 Å². The molecular weight excluding hydrogens is 290 g/mol. The number of rotatable bonds is 2. The zero-order valence-electron chi connectivity index (χ0n) is 14.2. The lowest BCUT2D eigenvalue weighted by molar-refractivity contribution is -0.170. The first-order valence-electron chi connectivity index (χ1n) is 8.68. The summed E-state index contributed by atoms with van der Waals surface area (Å²) in [5, 5.41) is 10.4. The summed E-state index contributed by atoms with van der Waals surface area (Å²) < 4.78 is 6.02. The molecular formula is C19H27NO3. The van der Waals surface area contributed by atoms with Crippen molar-refractivity contribution < 1.29 is 14.6 Å². The van der Waals surface area contributed by atoms with Gasteiger partial charge in [-0.3, -0.25) is 4.79 Å². The molecule has 2 saturated heterocycles. The lowest BCUT2D eigenvalue weighted by Crippen LogP contribution is -2.54. The number of hydrogen-bond donors (Lipinski definition) is 1. The lowest BCUT2D eigenvalue weighted by Gasteiger charge is -2.48. The van der Waals surface area contributed by atoms with Crippen LogP contribution in [0.4, 0.5) is 0 Å². The molecule has 0 saturated carbocycles. The number of aryl methyl sites for hydroxylation is 1. The number of piperidine rings is 1. The highest BCUT2D eigenvalue weighted by Gasteiger charge is 2.45. The van der Waals surface area contributed by atoms with Gasteiger partial charge in [-0.05, 0) is 44.2 Å². The van der Waals surface area contributed by atoms with Crippen molar-refractivity contribution in [2.24, 2.45) is 0 Å². The summed E-state index contributed by atoms with van der Waals surface area (Å²) in [7, 11) is 0. The van der Waals surface area contributed by atoms with Crippen molar-refractivity contribution in [3.05, 3.63) is 35.4 Å². The Hall–Kier alpha value is -1.39. The van der Waals surface area contributed by atoms with Crippen LogP contribution in [0.25, 0.3) is 0 Å². The van der Waals surface area contributed by atoms with Crippen LogP contribution in [-0.2, 0) is 11.2 Å². The Balaban J connectivity index is 1.68. The Kier molecular flexibility index (Phi) is 4.47. The highest BCUT2D eigenvalue weighted by molar-refractivity contribution is 5.95. The van der Waals surface area contributed by atoms with Gasteiger partial charge in [0.1, 0.15) is 0 Å². The molecule has 2 fully saturated rings. The maximum atomic E-state index is 12.8. The second-order valence-electron chi connectivity index (χ2n) is 7.26. The zero-order chi connectivity index (χ0) is 16.5. The third-order valence-electron chi connectivity index (χ3n) is 5.34. The first-order valence-corrected chi connectivity index (χ1v) is 8.68. The largest absolute Gasteiger partial charge is 0.390 e. The van der Waals surface area contributed by atoms with Crippen molar-refractivity contribution in [3.63, 3.8) is 0 Å². The standard InChI is InChI=1S/C19H27NO3/c1-3-15-6-4-5-7-16(15)17(21)20-11-8-19(9-12-20)14-18(2,22)10-13-23-19/h4-7,22H,3,8-14H2,1-2H3. The van der Waals surface area contributed by atoms with Crippen molar-refractivity contribution >= 4 is 5.91 Å². The molecule has 0 bridgehead atoms. The Labute approximate surface area is 138 Å². The maximum Gasteiger partial charge on any atom is 0.254 e. The van der Waals surface area contributed by atoms with Gasteiger partial charge in [-0.25, -0.2) is 0 Å². The molecule has 0 aromatic heterocycles. The first kappa shape index (κ1) is 16.5. The van der Waals surface area contributed by atoms with Gasteiger partial charge >= 0.3 is 0 Å². The van der Waals surface area contributed by atoms with E-state index >= 15 is 0 Å². The Morgan fingerprint density at radius 3 is 2.61 bits per heavy atom. The van der Waals surface area contributed by atoms with Crippen molar-refractivity contribution in [2.45, 2.75) is 57.2 Å². The average molecular weight is 317 g/mol. The number of nitrogens with zero attached hydrogens (tertiary/aromatic N) is 1. The Morgan fingerprint density at radius 1 is 1.26 bits per heavy atom. The number of likely N-dealkylation sites (tertiary alicyclic amines) is 1. The molecule has 2 heterocycles. The topological polar surface area (TPSA) is 49.8 Å². The van der Waals surface area contributed by atoms with Crippen LogP contribution >= 0.6 is 0 Å². The van der Waals surface area contributed by atoms with Crippen molar-refractivity contribution in [1.29, 1.82) is 0 Å².